The first kappa shape index (κ1) is 12.4. The van der Waals surface area contributed by atoms with Gasteiger partial charge in [0, 0.05) is 0 Å². The van der Waals surface area contributed by atoms with E-state index >= 15 is 0 Å². The van der Waals surface area contributed by atoms with Gasteiger partial charge >= 0.3 is 0 Å². The van der Waals surface area contributed by atoms with E-state index in [1.807, 2.05) is 19.6 Å². The van der Waals surface area contributed by atoms with Gasteiger partial charge in [0.05, 0.1) is 10.0 Å². The second kappa shape index (κ2) is 4.45. The fourth-order valence-electron chi connectivity index (χ4n) is 1.05. The molecule has 1 aromatic rings. The van der Waals surface area contributed by atoms with E-state index in [1.54, 1.807) is 0 Å². The van der Waals surface area contributed by atoms with E-state index in [4.69, 9.17) is 4.43 Å². The van der Waals surface area contributed by atoms with Gasteiger partial charge in [-0.25, -0.2) is 4.39 Å². The van der Waals surface area contributed by atoms with Crippen LogP contribution in [0.2, 0.25) is 19.6 Å². The number of halogens is 2. The van der Waals surface area contributed by atoms with Gasteiger partial charge in [-0.1, -0.05) is 0 Å². The molecule has 15 heavy (non-hydrogen) atoms. The van der Waals surface area contributed by atoms with Gasteiger partial charge in [-0.05, 0) is 47.7 Å². The van der Waals surface area contributed by atoms with Crippen molar-refractivity contribution < 1.29 is 13.6 Å². The standard InChI is InChI=1S/C10H12BrFO2Si/c1-15(2,3)14-10-7(6-13)4-5-8(12)9(10)11/h4-6H,1-3H3. The van der Waals surface area contributed by atoms with Gasteiger partial charge < -0.3 is 4.43 Å². The Morgan fingerprint density at radius 3 is 2.47 bits per heavy atom. The average Bonchev–Trinajstić information content (AvgIpc) is 2.11. The van der Waals surface area contributed by atoms with E-state index in [-0.39, 0.29) is 4.47 Å². The highest BCUT2D eigenvalue weighted by atomic mass is 79.9. The molecule has 1 rings (SSSR count). The Kier molecular flexibility index (Phi) is 3.67. The molecule has 82 valence electrons. The third-order valence-electron chi connectivity index (χ3n) is 1.62. The summed E-state index contributed by atoms with van der Waals surface area (Å²) in [6.45, 7) is 5.91. The Hall–Kier alpha value is -0.683. The summed E-state index contributed by atoms with van der Waals surface area (Å²) in [5.41, 5.74) is 0.366. The zero-order valence-electron chi connectivity index (χ0n) is 8.80. The SMILES string of the molecule is C[Si](C)(C)Oc1c(C=O)ccc(F)c1Br. The molecule has 0 saturated carbocycles. The molecule has 0 aliphatic heterocycles. The number of carbonyl (C=O) groups excluding carboxylic acids is 1. The van der Waals surface area contributed by atoms with Crippen LogP contribution >= 0.6 is 15.9 Å². The van der Waals surface area contributed by atoms with Gasteiger partial charge in [-0.3, -0.25) is 4.79 Å². The molecule has 0 atom stereocenters. The first-order chi connectivity index (χ1) is 6.85. The van der Waals surface area contributed by atoms with Crippen LogP contribution in [0.3, 0.4) is 0 Å². The molecule has 0 unspecified atom stereocenters. The van der Waals surface area contributed by atoms with Crippen LogP contribution in [0.25, 0.3) is 0 Å². The third kappa shape index (κ3) is 3.14. The van der Waals surface area contributed by atoms with E-state index in [2.05, 4.69) is 15.9 Å². The van der Waals surface area contributed by atoms with Crippen LogP contribution in [0.1, 0.15) is 10.4 Å². The predicted molar refractivity (Wildman–Crippen MR) is 63.5 cm³/mol. The summed E-state index contributed by atoms with van der Waals surface area (Å²) in [6.07, 6.45) is 0.666. The van der Waals surface area contributed by atoms with Gasteiger partial charge in [0.1, 0.15) is 11.6 Å². The highest BCUT2D eigenvalue weighted by Gasteiger charge is 2.21. The van der Waals surface area contributed by atoms with E-state index in [1.165, 1.54) is 12.1 Å². The van der Waals surface area contributed by atoms with Gasteiger partial charge in [0.25, 0.3) is 0 Å². The van der Waals surface area contributed by atoms with E-state index in [9.17, 15) is 9.18 Å². The van der Waals surface area contributed by atoms with Crippen LogP contribution < -0.4 is 4.43 Å². The maximum absolute atomic E-state index is 13.2. The lowest BCUT2D eigenvalue weighted by Crippen LogP contribution is -2.30. The van der Waals surface area contributed by atoms with Crippen molar-refractivity contribution in [2.45, 2.75) is 19.6 Å². The molecule has 0 heterocycles. The van der Waals surface area contributed by atoms with Crippen LogP contribution in [0, 0.1) is 5.82 Å². The highest BCUT2D eigenvalue weighted by molar-refractivity contribution is 9.10. The monoisotopic (exact) mass is 290 g/mol. The summed E-state index contributed by atoms with van der Waals surface area (Å²) in [5, 5.41) is 0. The van der Waals surface area contributed by atoms with Gasteiger partial charge in [-0.15, -0.1) is 0 Å². The maximum atomic E-state index is 13.2. The molecule has 2 nitrogen and oxygen atoms in total. The van der Waals surface area contributed by atoms with Crippen LogP contribution in [0.15, 0.2) is 16.6 Å². The van der Waals surface area contributed by atoms with E-state index in [0.717, 1.165) is 0 Å². The summed E-state index contributed by atoms with van der Waals surface area (Å²) in [5.74, 6) is -0.113. The number of aldehydes is 1. The van der Waals surface area contributed by atoms with Crippen molar-refractivity contribution in [1.82, 2.24) is 0 Å². The van der Waals surface area contributed by atoms with Crippen molar-refractivity contribution in [3.8, 4) is 5.75 Å². The molecule has 0 aromatic heterocycles. The second-order valence-corrected chi connectivity index (χ2v) is 9.33. The zero-order valence-corrected chi connectivity index (χ0v) is 11.4. The topological polar surface area (TPSA) is 26.3 Å². The number of benzene rings is 1. The summed E-state index contributed by atoms with van der Waals surface area (Å²) < 4.78 is 19.1. The largest absolute Gasteiger partial charge is 0.543 e. The lowest BCUT2D eigenvalue weighted by molar-refractivity contribution is 0.112. The van der Waals surface area contributed by atoms with E-state index in [0.29, 0.717) is 17.6 Å². The van der Waals surface area contributed by atoms with Crippen molar-refractivity contribution in [3.05, 3.63) is 28.0 Å². The summed E-state index contributed by atoms with van der Waals surface area (Å²) in [7, 11) is -1.86. The molecule has 0 amide bonds. The summed E-state index contributed by atoms with van der Waals surface area (Å²) in [6, 6.07) is 2.66. The predicted octanol–water partition coefficient (Wildman–Crippen LogP) is 3.61. The van der Waals surface area contributed by atoms with Crippen LogP contribution in [0.5, 0.6) is 5.75 Å². The Balaban J connectivity index is 3.24. The first-order valence-electron chi connectivity index (χ1n) is 4.47. The van der Waals surface area contributed by atoms with Crippen molar-refractivity contribution in [2.24, 2.45) is 0 Å². The lowest BCUT2D eigenvalue weighted by Gasteiger charge is -2.21. The highest BCUT2D eigenvalue weighted by Crippen LogP contribution is 2.32. The number of carbonyl (C=O) groups is 1. The quantitative estimate of drug-likeness (QED) is 0.628. The molecular formula is C10H12BrFO2Si. The molecule has 1 aromatic carbocycles. The molecular weight excluding hydrogens is 279 g/mol. The molecule has 0 N–H and O–H groups in total. The lowest BCUT2D eigenvalue weighted by atomic mass is 10.2. The Bertz CT molecular complexity index is 388. The minimum Gasteiger partial charge on any atom is -0.543 e. The van der Waals surface area contributed by atoms with E-state index < -0.39 is 14.1 Å². The van der Waals surface area contributed by atoms with Gasteiger partial charge in [0.2, 0.25) is 8.32 Å². The van der Waals surface area contributed by atoms with Crippen LogP contribution in [-0.4, -0.2) is 14.6 Å². The Morgan fingerprint density at radius 1 is 1.40 bits per heavy atom. The smallest absolute Gasteiger partial charge is 0.242 e. The molecule has 5 heteroatoms. The fraction of sp³-hybridized carbons (Fsp3) is 0.300. The molecule has 0 aliphatic carbocycles. The van der Waals surface area contributed by atoms with Crippen molar-refractivity contribution >= 4 is 30.5 Å². The molecule has 0 bridgehead atoms. The van der Waals surface area contributed by atoms with Crippen molar-refractivity contribution in [3.63, 3.8) is 0 Å². The summed E-state index contributed by atoms with van der Waals surface area (Å²) in [4.78, 5) is 10.8. The van der Waals surface area contributed by atoms with Crippen molar-refractivity contribution in [1.29, 1.82) is 0 Å². The normalized spacial score (nSPS) is 11.3. The zero-order chi connectivity index (χ0) is 11.6. The number of hydrogen-bond donors (Lipinski definition) is 0. The maximum Gasteiger partial charge on any atom is 0.242 e. The third-order valence-corrected chi connectivity index (χ3v) is 3.17. The molecule has 0 saturated heterocycles. The molecule has 0 fully saturated rings. The summed E-state index contributed by atoms with van der Waals surface area (Å²) >= 11 is 3.09. The Labute approximate surface area is 97.7 Å². The fourth-order valence-corrected chi connectivity index (χ4v) is 2.47. The molecule has 0 radical (unpaired) electrons. The van der Waals surface area contributed by atoms with Crippen LogP contribution in [-0.2, 0) is 0 Å². The number of hydrogen-bond acceptors (Lipinski definition) is 2. The average molecular weight is 291 g/mol. The van der Waals surface area contributed by atoms with Crippen LogP contribution in [0.4, 0.5) is 4.39 Å². The minimum atomic E-state index is -1.86. The van der Waals surface area contributed by atoms with Gasteiger partial charge in [-0.2, -0.15) is 0 Å². The molecule has 0 spiro atoms. The Morgan fingerprint density at radius 2 is 2.00 bits per heavy atom. The molecule has 0 aliphatic rings. The second-order valence-electron chi connectivity index (χ2n) is 4.11. The number of rotatable bonds is 3. The first-order valence-corrected chi connectivity index (χ1v) is 8.67. The minimum absolute atomic E-state index is 0.217. The van der Waals surface area contributed by atoms with Crippen molar-refractivity contribution in [2.75, 3.05) is 0 Å². The van der Waals surface area contributed by atoms with Gasteiger partial charge in [0.15, 0.2) is 6.29 Å².